The Bertz CT molecular complexity index is 819. The van der Waals surface area contributed by atoms with Gasteiger partial charge < -0.3 is 9.47 Å². The lowest BCUT2D eigenvalue weighted by Crippen LogP contribution is -2.36. The summed E-state index contributed by atoms with van der Waals surface area (Å²) in [7, 11) is 1.63. The van der Waals surface area contributed by atoms with Gasteiger partial charge in [-0.15, -0.1) is 0 Å². The number of esters is 1. The molecule has 5 heteroatoms. The van der Waals surface area contributed by atoms with E-state index in [1.807, 2.05) is 25.1 Å². The van der Waals surface area contributed by atoms with Crippen LogP contribution in [0.3, 0.4) is 0 Å². The highest BCUT2D eigenvalue weighted by atomic mass is 35.5. The van der Waals surface area contributed by atoms with E-state index < -0.39 is 0 Å². The number of hydrogen-bond acceptors (Lipinski definition) is 4. The van der Waals surface area contributed by atoms with Gasteiger partial charge >= 0.3 is 5.97 Å². The van der Waals surface area contributed by atoms with Crippen LogP contribution in [0, 0.1) is 6.92 Å². The van der Waals surface area contributed by atoms with E-state index in [2.05, 4.69) is 24.0 Å². The van der Waals surface area contributed by atoms with Crippen LogP contribution in [0.5, 0.6) is 5.75 Å². The number of ether oxygens (including phenoxy) is 2. The van der Waals surface area contributed by atoms with Crippen molar-refractivity contribution < 1.29 is 14.3 Å². The molecule has 4 nitrogen and oxygen atoms in total. The second-order valence-corrected chi connectivity index (χ2v) is 6.91. The third kappa shape index (κ3) is 3.87. The lowest BCUT2D eigenvalue weighted by Gasteiger charge is -2.30. The topological polar surface area (TPSA) is 38.8 Å². The monoisotopic (exact) mass is 373 g/mol. The van der Waals surface area contributed by atoms with E-state index in [1.54, 1.807) is 7.11 Å². The van der Waals surface area contributed by atoms with Crippen LogP contribution in [-0.2, 0) is 22.5 Å². The molecule has 0 radical (unpaired) electrons. The smallest absolute Gasteiger partial charge is 0.320 e. The molecule has 138 valence electrons. The van der Waals surface area contributed by atoms with Gasteiger partial charge in [-0.05, 0) is 60.7 Å². The summed E-state index contributed by atoms with van der Waals surface area (Å²) in [5.74, 6) is 0.567. The maximum absolute atomic E-state index is 11.9. The first kappa shape index (κ1) is 18.7. The van der Waals surface area contributed by atoms with Crippen molar-refractivity contribution in [2.75, 3.05) is 26.8 Å². The summed E-state index contributed by atoms with van der Waals surface area (Å²) in [6, 6.07) is 10.1. The van der Waals surface area contributed by atoms with Gasteiger partial charge in [0.25, 0.3) is 0 Å². The number of nitrogens with zero attached hydrogens (tertiary/aromatic N) is 1. The molecule has 0 unspecified atom stereocenters. The molecule has 0 aromatic heterocycles. The maximum Gasteiger partial charge on any atom is 0.320 e. The first-order chi connectivity index (χ1) is 12.5. The Morgan fingerprint density at radius 2 is 2.08 bits per heavy atom. The fourth-order valence-electron chi connectivity index (χ4n) is 3.53. The second kappa shape index (κ2) is 8.11. The van der Waals surface area contributed by atoms with Crippen molar-refractivity contribution in [3.63, 3.8) is 0 Å². The molecule has 26 heavy (non-hydrogen) atoms. The first-order valence-corrected chi connectivity index (χ1v) is 9.24. The number of aryl methyl sites for hydroxylation is 1. The zero-order valence-corrected chi connectivity index (χ0v) is 16.2. The molecule has 1 heterocycles. The van der Waals surface area contributed by atoms with Crippen molar-refractivity contribution in [3.8, 4) is 16.9 Å². The van der Waals surface area contributed by atoms with E-state index in [4.69, 9.17) is 21.1 Å². The van der Waals surface area contributed by atoms with Gasteiger partial charge in [0.15, 0.2) is 0 Å². The third-order valence-corrected chi connectivity index (χ3v) is 5.11. The Balaban J connectivity index is 1.97. The zero-order chi connectivity index (χ0) is 18.7. The molecular weight excluding hydrogens is 350 g/mol. The van der Waals surface area contributed by atoms with E-state index >= 15 is 0 Å². The molecule has 3 rings (SSSR count). The van der Waals surface area contributed by atoms with Gasteiger partial charge in [0, 0.05) is 18.7 Å². The minimum atomic E-state index is -0.173. The van der Waals surface area contributed by atoms with E-state index in [0.29, 0.717) is 24.7 Å². The van der Waals surface area contributed by atoms with Crippen molar-refractivity contribution in [3.05, 3.63) is 52.0 Å². The normalized spacial score (nSPS) is 14.0. The van der Waals surface area contributed by atoms with Crippen LogP contribution >= 0.6 is 11.6 Å². The van der Waals surface area contributed by atoms with E-state index in [-0.39, 0.29) is 5.97 Å². The molecule has 0 saturated carbocycles. The van der Waals surface area contributed by atoms with Crippen LogP contribution in [0.25, 0.3) is 11.1 Å². The van der Waals surface area contributed by atoms with Gasteiger partial charge in [-0.2, -0.15) is 0 Å². The van der Waals surface area contributed by atoms with E-state index in [1.165, 1.54) is 16.7 Å². The average Bonchev–Trinajstić information content (AvgIpc) is 2.62. The largest absolute Gasteiger partial charge is 0.497 e. The van der Waals surface area contributed by atoms with Crippen LogP contribution in [0.2, 0.25) is 5.02 Å². The van der Waals surface area contributed by atoms with Crippen LogP contribution in [0.1, 0.15) is 23.6 Å². The predicted octanol–water partition coefficient (Wildman–Crippen LogP) is 4.25. The number of hydrogen-bond donors (Lipinski definition) is 0. The molecular formula is C21H24ClNO3. The molecule has 0 spiro atoms. The molecule has 1 aliphatic heterocycles. The fraction of sp³-hybridized carbons (Fsp3) is 0.381. The Kier molecular flexibility index (Phi) is 5.84. The van der Waals surface area contributed by atoms with E-state index in [9.17, 15) is 4.79 Å². The minimum Gasteiger partial charge on any atom is -0.497 e. The molecule has 1 aliphatic rings. The quantitative estimate of drug-likeness (QED) is 0.734. The summed E-state index contributed by atoms with van der Waals surface area (Å²) < 4.78 is 10.4. The van der Waals surface area contributed by atoms with Gasteiger partial charge in [0.1, 0.15) is 5.75 Å². The molecule has 0 N–H and O–H groups in total. The van der Waals surface area contributed by atoms with Crippen molar-refractivity contribution in [1.82, 2.24) is 4.90 Å². The number of benzene rings is 2. The number of carbonyl (C=O) groups is 1. The average molecular weight is 374 g/mol. The van der Waals surface area contributed by atoms with Crippen molar-refractivity contribution in [1.29, 1.82) is 0 Å². The first-order valence-electron chi connectivity index (χ1n) is 8.86. The summed E-state index contributed by atoms with van der Waals surface area (Å²) in [5, 5.41) is 0.670. The Hall–Kier alpha value is -2.04. The standard InChI is InChI=1S/C21H24ClNO3/c1-4-26-20(24)13-23-10-9-15-6-5-14(2)21(18(15)12-23)17-8-7-16(25-3)11-19(17)22/h5-8,11H,4,9-10,12-13H2,1-3H3. The molecule has 0 aliphatic carbocycles. The molecule has 0 amide bonds. The Morgan fingerprint density at radius 1 is 1.27 bits per heavy atom. The van der Waals surface area contributed by atoms with Gasteiger partial charge in [-0.1, -0.05) is 23.7 Å². The number of carbonyl (C=O) groups excluding carboxylic acids is 1. The molecule has 2 aromatic rings. The SMILES string of the molecule is CCOC(=O)CN1CCc2ccc(C)c(-c3ccc(OC)cc3Cl)c2C1. The molecule has 0 bridgehead atoms. The highest BCUT2D eigenvalue weighted by Gasteiger charge is 2.23. The highest BCUT2D eigenvalue weighted by Crippen LogP contribution is 2.38. The molecule has 0 saturated heterocycles. The van der Waals surface area contributed by atoms with Crippen molar-refractivity contribution in [2.24, 2.45) is 0 Å². The van der Waals surface area contributed by atoms with Gasteiger partial charge in [-0.3, -0.25) is 9.69 Å². The lowest BCUT2D eigenvalue weighted by molar-refractivity contribution is -0.144. The van der Waals surface area contributed by atoms with Gasteiger partial charge in [0.2, 0.25) is 0 Å². The zero-order valence-electron chi connectivity index (χ0n) is 15.5. The van der Waals surface area contributed by atoms with Crippen LogP contribution in [-0.4, -0.2) is 37.7 Å². The highest BCUT2D eigenvalue weighted by molar-refractivity contribution is 6.33. The molecule has 2 aromatic carbocycles. The van der Waals surface area contributed by atoms with Crippen molar-refractivity contribution in [2.45, 2.75) is 26.8 Å². The van der Waals surface area contributed by atoms with Crippen LogP contribution in [0.15, 0.2) is 30.3 Å². The second-order valence-electron chi connectivity index (χ2n) is 6.51. The fourth-order valence-corrected chi connectivity index (χ4v) is 3.79. The van der Waals surface area contributed by atoms with Crippen LogP contribution < -0.4 is 4.74 Å². The summed E-state index contributed by atoms with van der Waals surface area (Å²) in [6.07, 6.45) is 0.912. The Labute approximate surface area is 159 Å². The minimum absolute atomic E-state index is 0.173. The van der Waals surface area contributed by atoms with Gasteiger partial charge in [-0.25, -0.2) is 0 Å². The summed E-state index contributed by atoms with van der Waals surface area (Å²) in [5.41, 5.74) is 5.89. The predicted molar refractivity (Wildman–Crippen MR) is 104 cm³/mol. The summed E-state index contributed by atoms with van der Waals surface area (Å²) in [4.78, 5) is 14.0. The third-order valence-electron chi connectivity index (χ3n) is 4.80. The molecule has 0 fully saturated rings. The summed E-state index contributed by atoms with van der Waals surface area (Å²) >= 11 is 6.55. The summed E-state index contributed by atoms with van der Waals surface area (Å²) in [6.45, 7) is 6.22. The lowest BCUT2D eigenvalue weighted by atomic mass is 9.88. The number of rotatable bonds is 5. The Morgan fingerprint density at radius 3 is 2.77 bits per heavy atom. The van der Waals surface area contributed by atoms with Gasteiger partial charge in [0.05, 0.1) is 25.3 Å². The van der Waals surface area contributed by atoms with Crippen LogP contribution in [0.4, 0.5) is 0 Å². The number of methoxy groups -OCH3 is 1. The van der Waals surface area contributed by atoms with E-state index in [0.717, 1.165) is 29.8 Å². The number of halogens is 1. The maximum atomic E-state index is 11.9. The van der Waals surface area contributed by atoms with Crippen molar-refractivity contribution >= 4 is 17.6 Å². The number of fused-ring (bicyclic) bond motifs is 1. The molecule has 0 atom stereocenters.